The van der Waals surface area contributed by atoms with E-state index in [1.165, 1.54) is 12.8 Å². The first-order chi connectivity index (χ1) is 9.16. The van der Waals surface area contributed by atoms with Crippen LogP contribution in [0.2, 0.25) is 0 Å². The van der Waals surface area contributed by atoms with Crippen LogP contribution < -0.4 is 5.32 Å². The number of piperidine rings is 1. The molecule has 108 valence electrons. The average Bonchev–Trinajstić information content (AvgIpc) is 3.19. The van der Waals surface area contributed by atoms with Gasteiger partial charge in [0.1, 0.15) is 0 Å². The Bertz CT molecular complexity index is 335. The number of amides is 1. The number of carbonyl (C=O) groups is 1. The number of carbonyl (C=O) groups excluding carboxylic acids is 1. The lowest BCUT2D eigenvalue weighted by molar-refractivity contribution is -0.138. The minimum absolute atomic E-state index is 0.0877. The Morgan fingerprint density at radius 3 is 2.74 bits per heavy atom. The number of rotatable bonds is 4. The first-order valence-electron chi connectivity index (χ1n) is 7.79. The number of ether oxygens (including phenoxy) is 1. The van der Waals surface area contributed by atoms with E-state index in [0.717, 1.165) is 52.0 Å². The third-order valence-electron chi connectivity index (χ3n) is 4.82. The van der Waals surface area contributed by atoms with Crippen LogP contribution in [0.15, 0.2) is 0 Å². The molecule has 1 N–H and O–H groups in total. The summed E-state index contributed by atoms with van der Waals surface area (Å²) in [5.74, 6) is 0.339. The topological polar surface area (TPSA) is 41.6 Å². The largest absolute Gasteiger partial charge is 0.381 e. The maximum absolute atomic E-state index is 12.5. The molecule has 3 rings (SSSR count). The van der Waals surface area contributed by atoms with E-state index in [-0.39, 0.29) is 11.5 Å². The Kier molecular flexibility index (Phi) is 3.81. The molecule has 1 saturated carbocycles. The van der Waals surface area contributed by atoms with Gasteiger partial charge >= 0.3 is 0 Å². The molecule has 1 amide bonds. The molecule has 3 aliphatic rings. The zero-order valence-electron chi connectivity index (χ0n) is 12.0. The molecule has 1 atom stereocenters. The second-order valence-corrected chi connectivity index (χ2v) is 6.82. The molecule has 1 aliphatic carbocycles. The van der Waals surface area contributed by atoms with Crippen LogP contribution in [0.1, 0.15) is 45.4 Å². The van der Waals surface area contributed by atoms with E-state index in [0.29, 0.717) is 11.9 Å². The van der Waals surface area contributed by atoms with Crippen molar-refractivity contribution in [1.82, 2.24) is 10.2 Å². The fourth-order valence-corrected chi connectivity index (χ4v) is 3.27. The summed E-state index contributed by atoms with van der Waals surface area (Å²) >= 11 is 0. The average molecular weight is 266 g/mol. The maximum atomic E-state index is 12.5. The fourth-order valence-electron chi connectivity index (χ4n) is 3.27. The molecule has 1 unspecified atom stereocenters. The van der Waals surface area contributed by atoms with Crippen molar-refractivity contribution in [2.75, 3.05) is 26.3 Å². The molecule has 2 saturated heterocycles. The van der Waals surface area contributed by atoms with Crippen molar-refractivity contribution in [3.63, 3.8) is 0 Å². The van der Waals surface area contributed by atoms with Gasteiger partial charge < -0.3 is 15.0 Å². The Morgan fingerprint density at radius 2 is 2.05 bits per heavy atom. The van der Waals surface area contributed by atoms with Crippen LogP contribution in [0.5, 0.6) is 0 Å². The van der Waals surface area contributed by atoms with Crippen LogP contribution in [0.4, 0.5) is 0 Å². The quantitative estimate of drug-likeness (QED) is 0.839. The lowest BCUT2D eigenvalue weighted by Gasteiger charge is -2.41. The monoisotopic (exact) mass is 266 g/mol. The van der Waals surface area contributed by atoms with E-state index in [4.69, 9.17) is 4.74 Å². The van der Waals surface area contributed by atoms with Crippen molar-refractivity contribution in [3.8, 4) is 0 Å². The van der Waals surface area contributed by atoms with Gasteiger partial charge in [0.05, 0.1) is 6.04 Å². The van der Waals surface area contributed by atoms with Crippen molar-refractivity contribution in [2.24, 2.45) is 5.41 Å². The van der Waals surface area contributed by atoms with Crippen LogP contribution >= 0.6 is 0 Å². The number of likely N-dealkylation sites (tertiary alicyclic amines) is 1. The number of nitrogens with zero attached hydrogens (tertiary/aromatic N) is 1. The van der Waals surface area contributed by atoms with Crippen LogP contribution in [-0.2, 0) is 9.53 Å². The van der Waals surface area contributed by atoms with Crippen LogP contribution in [0, 0.1) is 5.41 Å². The molecule has 4 heteroatoms. The molecule has 0 aromatic rings. The van der Waals surface area contributed by atoms with Gasteiger partial charge in [-0.1, -0.05) is 6.92 Å². The fraction of sp³-hybridized carbons (Fsp3) is 0.933. The second-order valence-electron chi connectivity index (χ2n) is 6.82. The van der Waals surface area contributed by atoms with E-state index in [9.17, 15) is 4.79 Å². The van der Waals surface area contributed by atoms with Gasteiger partial charge in [-0.2, -0.15) is 0 Å². The molecular formula is C15H26N2O2. The first kappa shape index (κ1) is 13.4. The van der Waals surface area contributed by atoms with Gasteiger partial charge in [-0.05, 0) is 43.9 Å². The highest BCUT2D eigenvalue weighted by Gasteiger charge is 2.37. The number of hydrogen-bond donors (Lipinski definition) is 1. The van der Waals surface area contributed by atoms with Crippen molar-refractivity contribution < 1.29 is 9.53 Å². The SMILES string of the molecule is CC1(CN2CCCC(NC3CC3)C2=O)CCOCC1. The van der Waals surface area contributed by atoms with Crippen molar-refractivity contribution in [2.45, 2.75) is 57.5 Å². The maximum Gasteiger partial charge on any atom is 0.239 e. The molecule has 2 heterocycles. The second kappa shape index (κ2) is 5.41. The van der Waals surface area contributed by atoms with Crippen LogP contribution in [0.25, 0.3) is 0 Å². The summed E-state index contributed by atoms with van der Waals surface area (Å²) in [7, 11) is 0. The number of hydrogen-bond acceptors (Lipinski definition) is 3. The summed E-state index contributed by atoms with van der Waals surface area (Å²) in [4.78, 5) is 14.6. The molecule has 4 nitrogen and oxygen atoms in total. The highest BCUT2D eigenvalue weighted by molar-refractivity contribution is 5.82. The molecule has 19 heavy (non-hydrogen) atoms. The molecule has 0 bridgehead atoms. The van der Waals surface area contributed by atoms with E-state index in [2.05, 4.69) is 17.1 Å². The molecule has 0 aromatic heterocycles. The Balaban J connectivity index is 1.57. The summed E-state index contributed by atoms with van der Waals surface area (Å²) in [6, 6.07) is 0.706. The van der Waals surface area contributed by atoms with Gasteiger partial charge in [0.15, 0.2) is 0 Å². The van der Waals surface area contributed by atoms with Gasteiger partial charge in [-0.3, -0.25) is 4.79 Å². The van der Waals surface area contributed by atoms with Crippen LogP contribution in [0.3, 0.4) is 0 Å². The standard InChI is InChI=1S/C15H26N2O2/c1-15(6-9-19-10-7-15)11-17-8-2-3-13(14(17)18)16-12-4-5-12/h12-13,16H,2-11H2,1H3. The van der Waals surface area contributed by atoms with Gasteiger partial charge in [0.2, 0.25) is 5.91 Å². The summed E-state index contributed by atoms with van der Waals surface area (Å²) < 4.78 is 5.45. The summed E-state index contributed by atoms with van der Waals surface area (Å²) in [5.41, 5.74) is 0.259. The highest BCUT2D eigenvalue weighted by atomic mass is 16.5. The molecule has 2 aliphatic heterocycles. The lowest BCUT2D eigenvalue weighted by Crippen LogP contribution is -2.54. The Hall–Kier alpha value is -0.610. The third-order valence-corrected chi connectivity index (χ3v) is 4.82. The Morgan fingerprint density at radius 1 is 1.32 bits per heavy atom. The predicted octanol–water partition coefficient (Wildman–Crippen LogP) is 1.55. The molecule has 0 radical (unpaired) electrons. The van der Waals surface area contributed by atoms with E-state index < -0.39 is 0 Å². The van der Waals surface area contributed by atoms with Gasteiger partial charge in [0, 0.05) is 32.3 Å². The molecule has 0 aromatic carbocycles. The van der Waals surface area contributed by atoms with Crippen molar-refractivity contribution in [1.29, 1.82) is 0 Å². The minimum Gasteiger partial charge on any atom is -0.381 e. The molecule has 0 spiro atoms. The third kappa shape index (κ3) is 3.29. The summed E-state index contributed by atoms with van der Waals surface area (Å²) in [6.07, 6.45) is 6.82. The van der Waals surface area contributed by atoms with Crippen molar-refractivity contribution >= 4 is 5.91 Å². The molecule has 3 fully saturated rings. The highest BCUT2D eigenvalue weighted by Crippen LogP contribution is 2.32. The van der Waals surface area contributed by atoms with Crippen molar-refractivity contribution in [3.05, 3.63) is 0 Å². The zero-order chi connectivity index (χ0) is 13.3. The number of nitrogens with one attached hydrogen (secondary N) is 1. The van der Waals surface area contributed by atoms with Gasteiger partial charge in [0.25, 0.3) is 0 Å². The summed E-state index contributed by atoms with van der Waals surface area (Å²) in [5, 5.41) is 3.51. The lowest BCUT2D eigenvalue weighted by atomic mass is 9.81. The van der Waals surface area contributed by atoms with Gasteiger partial charge in [-0.25, -0.2) is 0 Å². The van der Waals surface area contributed by atoms with E-state index >= 15 is 0 Å². The van der Waals surface area contributed by atoms with E-state index in [1.54, 1.807) is 0 Å². The zero-order valence-corrected chi connectivity index (χ0v) is 12.0. The first-order valence-corrected chi connectivity index (χ1v) is 7.79. The molecular weight excluding hydrogens is 240 g/mol. The Labute approximate surface area is 115 Å². The predicted molar refractivity (Wildman–Crippen MR) is 73.9 cm³/mol. The summed E-state index contributed by atoms with van der Waals surface area (Å²) in [6.45, 7) is 5.86. The smallest absolute Gasteiger partial charge is 0.239 e. The normalized spacial score (nSPS) is 31.5. The minimum atomic E-state index is 0.0877. The van der Waals surface area contributed by atoms with E-state index in [1.807, 2.05) is 0 Å². The van der Waals surface area contributed by atoms with Gasteiger partial charge in [-0.15, -0.1) is 0 Å². The van der Waals surface area contributed by atoms with Crippen LogP contribution in [-0.4, -0.2) is 49.2 Å².